The first-order valence-corrected chi connectivity index (χ1v) is 11.3. The highest BCUT2D eigenvalue weighted by molar-refractivity contribution is 9.10. The molecule has 0 radical (unpaired) electrons. The maximum Gasteiger partial charge on any atom is 0.407 e. The van der Waals surface area contributed by atoms with Crippen LogP contribution in [0, 0.1) is 11.3 Å². The molecule has 0 unspecified atom stereocenters. The fourth-order valence-corrected chi connectivity index (χ4v) is 4.40. The third-order valence-electron chi connectivity index (χ3n) is 6.03. The van der Waals surface area contributed by atoms with Gasteiger partial charge in [-0.05, 0) is 40.8 Å². The van der Waals surface area contributed by atoms with Gasteiger partial charge in [0, 0.05) is 30.7 Å². The van der Waals surface area contributed by atoms with Crippen LogP contribution in [0.25, 0.3) is 0 Å². The minimum absolute atomic E-state index is 0.0965. The molecule has 32 heavy (non-hydrogen) atoms. The van der Waals surface area contributed by atoms with E-state index >= 15 is 0 Å². The molecule has 2 heterocycles. The predicted molar refractivity (Wildman–Crippen MR) is 121 cm³/mol. The largest absolute Gasteiger partial charge is 0.453 e. The van der Waals surface area contributed by atoms with Crippen molar-refractivity contribution in [2.75, 3.05) is 26.1 Å². The third-order valence-corrected chi connectivity index (χ3v) is 6.47. The number of hydrogen-bond acceptors (Lipinski definition) is 7. The Morgan fingerprint density at radius 1 is 1.28 bits per heavy atom. The Kier molecular flexibility index (Phi) is 7.73. The molecule has 0 aromatic carbocycles. The minimum Gasteiger partial charge on any atom is -0.453 e. The van der Waals surface area contributed by atoms with Crippen molar-refractivity contribution in [1.29, 1.82) is 0 Å². The number of carbonyl (C=O) groups excluding carboxylic acids is 3. The van der Waals surface area contributed by atoms with Crippen molar-refractivity contribution in [1.82, 2.24) is 20.9 Å². The molecule has 4 atom stereocenters. The molecular weight excluding hydrogens is 482 g/mol. The summed E-state index contributed by atoms with van der Waals surface area (Å²) in [7, 11) is 2.85. The molecule has 3 rings (SSSR count). The lowest BCUT2D eigenvalue weighted by Crippen LogP contribution is -2.50. The number of amides is 3. The Morgan fingerprint density at radius 2 is 2.03 bits per heavy atom. The Hall–Kier alpha value is -2.24. The van der Waals surface area contributed by atoms with E-state index in [-0.39, 0.29) is 35.2 Å². The molecule has 10 nitrogen and oxygen atoms in total. The number of piperidine rings is 1. The zero-order valence-electron chi connectivity index (χ0n) is 18.7. The molecule has 2 fully saturated rings. The number of anilines is 1. The van der Waals surface area contributed by atoms with E-state index < -0.39 is 12.1 Å². The van der Waals surface area contributed by atoms with Crippen molar-refractivity contribution in [3.8, 4) is 0 Å². The monoisotopic (exact) mass is 511 g/mol. The first kappa shape index (κ1) is 24.4. The van der Waals surface area contributed by atoms with Gasteiger partial charge in [-0.1, -0.05) is 19.9 Å². The molecule has 1 aliphatic carbocycles. The van der Waals surface area contributed by atoms with E-state index in [1.807, 2.05) is 19.9 Å². The van der Waals surface area contributed by atoms with Gasteiger partial charge in [0.2, 0.25) is 11.8 Å². The highest BCUT2D eigenvalue weighted by Crippen LogP contribution is 2.54. The second-order valence-corrected chi connectivity index (χ2v) is 9.49. The summed E-state index contributed by atoms with van der Waals surface area (Å²) >= 11 is 3.33. The number of rotatable bonds is 9. The number of fused-ring (bicyclic) bond motifs is 1. The van der Waals surface area contributed by atoms with Crippen molar-refractivity contribution in [3.05, 3.63) is 22.3 Å². The van der Waals surface area contributed by atoms with E-state index in [4.69, 9.17) is 4.74 Å². The standard InChI is InChI=1S/C21H30BrN5O5/c1-11(2)16(26-20(30)32-4)19(29)23-10-21-7-13(24-14(21)8-21)18(28)27-17-12(9-31-3)5-6-15(22)25-17/h5-6,11,13-14,16,24H,7-10H2,1-4H3,(H,23,29)(H,26,30)(H,25,27,28)/t13-,14+,16-,21-/m0/s1. The maximum atomic E-state index is 12.9. The Balaban J connectivity index is 1.56. The van der Waals surface area contributed by atoms with Gasteiger partial charge in [0.15, 0.2) is 0 Å². The van der Waals surface area contributed by atoms with Crippen LogP contribution in [0.4, 0.5) is 10.6 Å². The predicted octanol–water partition coefficient (Wildman–Crippen LogP) is 1.55. The average Bonchev–Trinajstić information content (AvgIpc) is 3.31. The zero-order valence-corrected chi connectivity index (χ0v) is 20.2. The number of ether oxygens (including phenoxy) is 2. The summed E-state index contributed by atoms with van der Waals surface area (Å²) in [5, 5.41) is 11.8. The quantitative estimate of drug-likeness (QED) is 0.370. The highest BCUT2D eigenvalue weighted by Gasteiger charge is 2.61. The molecule has 1 saturated heterocycles. The molecule has 0 spiro atoms. The topological polar surface area (TPSA) is 131 Å². The van der Waals surface area contributed by atoms with E-state index in [1.165, 1.54) is 7.11 Å². The van der Waals surface area contributed by atoms with Crippen LogP contribution in [0.5, 0.6) is 0 Å². The molecule has 4 N–H and O–H groups in total. The fourth-order valence-electron chi connectivity index (χ4n) is 4.10. The number of nitrogens with one attached hydrogen (secondary N) is 4. The molecule has 1 aromatic rings. The fraction of sp³-hybridized carbons (Fsp3) is 0.619. The second kappa shape index (κ2) is 10.1. The lowest BCUT2D eigenvalue weighted by Gasteiger charge is -2.23. The van der Waals surface area contributed by atoms with Crippen LogP contribution in [-0.2, 0) is 25.7 Å². The molecule has 11 heteroatoms. The average molecular weight is 512 g/mol. The third kappa shape index (κ3) is 5.57. The van der Waals surface area contributed by atoms with E-state index in [0.717, 1.165) is 12.0 Å². The summed E-state index contributed by atoms with van der Waals surface area (Å²) in [5.74, 6) is -0.0652. The summed E-state index contributed by atoms with van der Waals surface area (Å²) < 4.78 is 10.4. The smallest absolute Gasteiger partial charge is 0.407 e. The number of aromatic nitrogens is 1. The van der Waals surface area contributed by atoms with Gasteiger partial charge in [-0.3, -0.25) is 9.59 Å². The second-order valence-electron chi connectivity index (χ2n) is 8.68. The molecule has 3 amide bonds. The number of carbonyl (C=O) groups is 3. The van der Waals surface area contributed by atoms with Crippen LogP contribution >= 0.6 is 15.9 Å². The minimum atomic E-state index is -0.689. The molecule has 1 aliphatic heterocycles. The first-order chi connectivity index (χ1) is 15.2. The summed E-state index contributed by atoms with van der Waals surface area (Å²) in [6.07, 6.45) is 0.848. The lowest BCUT2D eigenvalue weighted by atomic mass is 9.98. The Bertz CT molecular complexity index is 882. The van der Waals surface area contributed by atoms with Crippen molar-refractivity contribution in [3.63, 3.8) is 0 Å². The molecule has 1 aromatic heterocycles. The number of halogens is 1. The van der Waals surface area contributed by atoms with Crippen molar-refractivity contribution in [2.45, 2.75) is 51.4 Å². The van der Waals surface area contributed by atoms with Crippen molar-refractivity contribution >= 4 is 39.7 Å². The highest BCUT2D eigenvalue weighted by atomic mass is 79.9. The van der Waals surface area contributed by atoms with Gasteiger partial charge in [-0.25, -0.2) is 9.78 Å². The van der Waals surface area contributed by atoms with Crippen LogP contribution in [0.1, 0.15) is 32.3 Å². The number of alkyl carbamates (subject to hydrolysis) is 1. The zero-order chi connectivity index (χ0) is 23.5. The normalized spacial score (nSPS) is 24.4. The van der Waals surface area contributed by atoms with Gasteiger partial charge in [-0.2, -0.15) is 0 Å². The molecule has 1 saturated carbocycles. The first-order valence-electron chi connectivity index (χ1n) is 10.5. The number of methoxy groups -OCH3 is 2. The number of hydrogen-bond donors (Lipinski definition) is 4. The molecule has 176 valence electrons. The number of nitrogens with zero attached hydrogens (tertiary/aromatic N) is 1. The molecule has 0 bridgehead atoms. The van der Waals surface area contributed by atoms with Crippen LogP contribution in [-0.4, -0.2) is 61.8 Å². The van der Waals surface area contributed by atoms with Gasteiger partial charge < -0.3 is 30.7 Å². The van der Waals surface area contributed by atoms with Gasteiger partial charge in [0.25, 0.3) is 0 Å². The Morgan fingerprint density at radius 3 is 2.69 bits per heavy atom. The van der Waals surface area contributed by atoms with E-state index in [9.17, 15) is 14.4 Å². The van der Waals surface area contributed by atoms with E-state index in [0.29, 0.717) is 30.0 Å². The maximum absolute atomic E-state index is 12.9. The van der Waals surface area contributed by atoms with Crippen LogP contribution < -0.4 is 21.3 Å². The van der Waals surface area contributed by atoms with E-state index in [2.05, 4.69) is 46.9 Å². The van der Waals surface area contributed by atoms with Crippen LogP contribution in [0.2, 0.25) is 0 Å². The van der Waals surface area contributed by atoms with Crippen molar-refractivity contribution < 1.29 is 23.9 Å². The molecular formula is C21H30BrN5O5. The summed E-state index contributed by atoms with van der Waals surface area (Å²) in [5.41, 5.74) is 0.622. The molecule has 2 aliphatic rings. The number of pyridine rings is 1. The summed E-state index contributed by atoms with van der Waals surface area (Å²) in [4.78, 5) is 41.4. The summed E-state index contributed by atoms with van der Waals surface area (Å²) in [6.45, 7) is 4.47. The van der Waals surface area contributed by atoms with Gasteiger partial charge in [-0.15, -0.1) is 0 Å². The van der Waals surface area contributed by atoms with Crippen molar-refractivity contribution in [2.24, 2.45) is 11.3 Å². The van der Waals surface area contributed by atoms with Crippen LogP contribution in [0.15, 0.2) is 16.7 Å². The van der Waals surface area contributed by atoms with Gasteiger partial charge in [0.1, 0.15) is 16.5 Å². The Labute approximate surface area is 195 Å². The summed E-state index contributed by atoms with van der Waals surface area (Å²) in [6, 6.07) is 2.74. The lowest BCUT2D eigenvalue weighted by molar-refractivity contribution is -0.124. The van der Waals surface area contributed by atoms with E-state index in [1.54, 1.807) is 13.2 Å². The van der Waals surface area contributed by atoms with Gasteiger partial charge >= 0.3 is 6.09 Å². The van der Waals surface area contributed by atoms with Crippen LogP contribution in [0.3, 0.4) is 0 Å². The van der Waals surface area contributed by atoms with Gasteiger partial charge in [0.05, 0.1) is 19.8 Å². The SMILES string of the molecule is COCc1ccc(Br)nc1NC(=O)[C@@H]1C[C@@]2(CNC(=O)[C@@H](NC(=O)OC)C(C)C)C[C@H]2N1.